The Kier molecular flexibility index (Phi) is 5.64. The zero-order chi connectivity index (χ0) is 20.1. The highest BCUT2D eigenvalue weighted by atomic mass is 32.1. The van der Waals surface area contributed by atoms with Gasteiger partial charge in [0.2, 0.25) is 0 Å². The number of hydrogen-bond donors (Lipinski definition) is 2. The van der Waals surface area contributed by atoms with Gasteiger partial charge in [-0.15, -0.1) is 24.5 Å². The van der Waals surface area contributed by atoms with Gasteiger partial charge in [-0.2, -0.15) is 4.98 Å². The quantitative estimate of drug-likeness (QED) is 0.643. The lowest BCUT2D eigenvalue weighted by atomic mass is 10.2. The third-order valence-corrected chi connectivity index (χ3v) is 4.21. The molecule has 0 bridgehead atoms. The van der Waals surface area contributed by atoms with Crippen molar-refractivity contribution in [3.63, 3.8) is 0 Å². The van der Waals surface area contributed by atoms with Gasteiger partial charge in [-0.3, -0.25) is 14.9 Å². The summed E-state index contributed by atoms with van der Waals surface area (Å²) in [6, 6.07) is 8.56. The number of rotatable bonds is 6. The fraction of sp³-hybridized carbons (Fsp3) is 0.118. The van der Waals surface area contributed by atoms with Gasteiger partial charge in [-0.1, -0.05) is 24.3 Å². The van der Waals surface area contributed by atoms with Crippen molar-refractivity contribution in [1.82, 2.24) is 10.3 Å². The number of hydrogen-bond acceptors (Lipinski definition) is 6. The number of carbonyl (C=O) groups excluding carboxylic acids is 2. The number of halogens is 3. The lowest BCUT2D eigenvalue weighted by Crippen LogP contribution is -2.24. The van der Waals surface area contributed by atoms with Crippen molar-refractivity contribution in [2.24, 2.45) is 0 Å². The van der Waals surface area contributed by atoms with E-state index >= 15 is 0 Å². The first-order valence-electron chi connectivity index (χ1n) is 7.74. The fourth-order valence-corrected chi connectivity index (χ4v) is 2.76. The summed E-state index contributed by atoms with van der Waals surface area (Å²) in [5.74, 6) is -1.55. The topological polar surface area (TPSA) is 93.5 Å². The van der Waals surface area contributed by atoms with Crippen LogP contribution in [0.3, 0.4) is 0 Å². The second kappa shape index (κ2) is 8.13. The van der Waals surface area contributed by atoms with Gasteiger partial charge < -0.3 is 14.5 Å². The molecule has 2 amide bonds. The molecule has 0 aliphatic heterocycles. The van der Waals surface area contributed by atoms with Crippen LogP contribution in [-0.4, -0.2) is 23.2 Å². The van der Waals surface area contributed by atoms with E-state index < -0.39 is 23.9 Å². The van der Waals surface area contributed by atoms with Crippen LogP contribution in [0.1, 0.15) is 25.7 Å². The van der Waals surface area contributed by atoms with Gasteiger partial charge in [0.15, 0.2) is 5.69 Å². The highest BCUT2D eigenvalue weighted by Crippen LogP contribution is 2.26. The monoisotopic (exact) mass is 411 g/mol. The van der Waals surface area contributed by atoms with Crippen LogP contribution in [0.25, 0.3) is 0 Å². The Hall–Kier alpha value is -3.34. The number of anilines is 1. The van der Waals surface area contributed by atoms with Crippen molar-refractivity contribution < 1.29 is 31.9 Å². The molecule has 0 radical (unpaired) electrons. The number of aromatic nitrogens is 1. The molecule has 1 aromatic carbocycles. The van der Waals surface area contributed by atoms with Crippen LogP contribution in [0, 0.1) is 0 Å². The number of nitrogens with zero attached hydrogens (tertiary/aromatic N) is 1. The van der Waals surface area contributed by atoms with Crippen LogP contribution in [0.15, 0.2) is 52.5 Å². The minimum Gasteiger partial charge on any atom is -0.431 e. The Morgan fingerprint density at radius 1 is 1.14 bits per heavy atom. The second-order valence-corrected chi connectivity index (χ2v) is 6.26. The molecular weight excluding hydrogens is 399 g/mol. The first kappa shape index (κ1) is 19.4. The minimum absolute atomic E-state index is 0.128. The highest BCUT2D eigenvalue weighted by molar-refractivity contribution is 7.12. The molecule has 3 aromatic rings. The molecule has 3 rings (SSSR count). The normalized spacial score (nSPS) is 11.1. The van der Waals surface area contributed by atoms with E-state index in [4.69, 9.17) is 4.42 Å². The Balaban J connectivity index is 1.60. The summed E-state index contributed by atoms with van der Waals surface area (Å²) < 4.78 is 46.2. The first-order valence-corrected chi connectivity index (χ1v) is 8.62. The average molecular weight is 411 g/mol. The largest absolute Gasteiger partial charge is 0.573 e. The van der Waals surface area contributed by atoms with Gasteiger partial charge in [0, 0.05) is 12.1 Å². The van der Waals surface area contributed by atoms with Crippen molar-refractivity contribution in [3.05, 3.63) is 64.2 Å². The van der Waals surface area contributed by atoms with Gasteiger partial charge in [0.1, 0.15) is 12.0 Å². The Morgan fingerprint density at radius 3 is 2.64 bits per heavy atom. The minimum atomic E-state index is -4.85. The van der Waals surface area contributed by atoms with Crippen molar-refractivity contribution in [2.75, 3.05) is 5.32 Å². The van der Waals surface area contributed by atoms with E-state index in [1.807, 2.05) is 0 Å². The summed E-state index contributed by atoms with van der Waals surface area (Å²) in [7, 11) is 0. The number of carbonyl (C=O) groups is 2. The molecule has 28 heavy (non-hydrogen) atoms. The highest BCUT2D eigenvalue weighted by Gasteiger charge is 2.32. The third-order valence-electron chi connectivity index (χ3n) is 3.34. The third kappa shape index (κ3) is 5.10. The van der Waals surface area contributed by atoms with E-state index in [9.17, 15) is 22.8 Å². The Morgan fingerprint density at radius 2 is 1.93 bits per heavy atom. The molecule has 7 nitrogen and oxygen atoms in total. The number of alkyl halides is 3. The summed E-state index contributed by atoms with van der Waals surface area (Å²) >= 11 is 1.22. The van der Waals surface area contributed by atoms with Crippen LogP contribution in [0.4, 0.5) is 19.2 Å². The summed E-state index contributed by atoms with van der Waals surface area (Å²) in [6.07, 6.45) is -3.82. The second-order valence-electron chi connectivity index (χ2n) is 5.31. The summed E-state index contributed by atoms with van der Waals surface area (Å²) in [5, 5.41) is 6.54. The number of benzene rings is 1. The Labute approximate surface area is 160 Å². The standard InChI is InChI=1S/C17H12F3N3O4S/c18-17(19,20)27-12-5-2-1-4-10(12)8-21-14(24)11-9-26-16(22-11)23-15(25)13-6-3-7-28-13/h1-7,9H,8H2,(H,21,24)(H,22,23,25). The van der Waals surface area contributed by atoms with E-state index in [1.54, 1.807) is 17.5 Å². The van der Waals surface area contributed by atoms with E-state index in [1.165, 1.54) is 29.5 Å². The van der Waals surface area contributed by atoms with Crippen molar-refractivity contribution >= 4 is 29.2 Å². The van der Waals surface area contributed by atoms with Crippen LogP contribution in [-0.2, 0) is 6.54 Å². The van der Waals surface area contributed by atoms with E-state index in [0.29, 0.717) is 4.88 Å². The molecule has 0 atom stereocenters. The molecule has 2 aromatic heterocycles. The molecular formula is C17H12F3N3O4S. The summed E-state index contributed by atoms with van der Waals surface area (Å²) in [5.41, 5.74) is -0.0152. The molecule has 2 heterocycles. The SMILES string of the molecule is O=C(NCc1ccccc1OC(F)(F)F)c1coc(NC(=O)c2cccs2)n1. The zero-order valence-electron chi connectivity index (χ0n) is 13.9. The maximum atomic E-state index is 12.4. The molecule has 11 heteroatoms. The van der Waals surface area contributed by atoms with E-state index in [0.717, 1.165) is 12.3 Å². The van der Waals surface area contributed by atoms with Gasteiger partial charge in [-0.05, 0) is 17.5 Å². The molecule has 0 spiro atoms. The van der Waals surface area contributed by atoms with Gasteiger partial charge in [-0.25, -0.2) is 0 Å². The number of ether oxygens (including phenoxy) is 1. The molecule has 146 valence electrons. The molecule has 0 saturated carbocycles. The predicted molar refractivity (Wildman–Crippen MR) is 93.1 cm³/mol. The van der Waals surface area contributed by atoms with Crippen LogP contribution < -0.4 is 15.4 Å². The van der Waals surface area contributed by atoms with Crippen molar-refractivity contribution in [1.29, 1.82) is 0 Å². The van der Waals surface area contributed by atoms with E-state index in [-0.39, 0.29) is 23.8 Å². The molecule has 0 saturated heterocycles. The summed E-state index contributed by atoms with van der Waals surface area (Å²) in [4.78, 5) is 28.3. The number of thiophene rings is 1. The fourth-order valence-electron chi connectivity index (χ4n) is 2.14. The van der Waals surface area contributed by atoms with Gasteiger partial charge in [0.25, 0.3) is 11.8 Å². The lowest BCUT2D eigenvalue weighted by molar-refractivity contribution is -0.274. The smallest absolute Gasteiger partial charge is 0.431 e. The molecule has 2 N–H and O–H groups in total. The number of nitrogens with one attached hydrogen (secondary N) is 2. The zero-order valence-corrected chi connectivity index (χ0v) is 14.8. The molecule has 0 fully saturated rings. The maximum absolute atomic E-state index is 12.4. The number of oxazole rings is 1. The van der Waals surface area contributed by atoms with Crippen LogP contribution in [0.5, 0.6) is 5.75 Å². The maximum Gasteiger partial charge on any atom is 0.573 e. The predicted octanol–water partition coefficient (Wildman–Crippen LogP) is 3.82. The first-order chi connectivity index (χ1) is 13.3. The van der Waals surface area contributed by atoms with E-state index in [2.05, 4.69) is 20.4 Å². The van der Waals surface area contributed by atoms with Crippen LogP contribution >= 0.6 is 11.3 Å². The number of amides is 2. The summed E-state index contributed by atoms with van der Waals surface area (Å²) in [6.45, 7) is -0.227. The van der Waals surface area contributed by atoms with Crippen LogP contribution in [0.2, 0.25) is 0 Å². The van der Waals surface area contributed by atoms with Gasteiger partial charge in [0.05, 0.1) is 4.88 Å². The molecule has 0 unspecified atom stereocenters. The molecule has 0 aliphatic carbocycles. The Bertz CT molecular complexity index is 970. The van der Waals surface area contributed by atoms with Gasteiger partial charge >= 0.3 is 12.4 Å². The van der Waals surface area contributed by atoms with Crippen molar-refractivity contribution in [2.45, 2.75) is 12.9 Å². The molecule has 0 aliphatic rings. The lowest BCUT2D eigenvalue weighted by Gasteiger charge is -2.13. The number of para-hydroxylation sites is 1. The van der Waals surface area contributed by atoms with Crippen molar-refractivity contribution in [3.8, 4) is 5.75 Å². The average Bonchev–Trinajstić information content (AvgIpc) is 3.31.